The molecular weight excluding hydrogens is 266 g/mol. The maximum atomic E-state index is 9.70. The molecule has 0 aliphatic carbocycles. The molecule has 1 aromatic carbocycles. The summed E-state index contributed by atoms with van der Waals surface area (Å²) in [7, 11) is 5.37. The Kier molecular flexibility index (Phi) is 5.05. The van der Waals surface area contributed by atoms with Crippen molar-refractivity contribution in [1.29, 1.82) is 5.26 Å². The smallest absolute Gasteiger partial charge is 0.127 e. The maximum absolute atomic E-state index is 9.70. The number of nitrogens with zero attached hydrogens (tertiary/aromatic N) is 3. The lowest BCUT2D eigenvalue weighted by molar-refractivity contribution is 0.0787. The highest BCUT2D eigenvalue weighted by Crippen LogP contribution is 2.34. The average molecular weight is 289 g/mol. The minimum absolute atomic E-state index is 0.321. The van der Waals surface area contributed by atoms with Crippen molar-refractivity contribution in [3.8, 4) is 17.6 Å². The quantitative estimate of drug-likeness (QED) is 0.847. The van der Waals surface area contributed by atoms with E-state index in [1.165, 1.54) is 0 Å². The molecule has 0 radical (unpaired) electrons. The predicted octanol–water partition coefficient (Wildman–Crippen LogP) is 1.90. The predicted molar refractivity (Wildman–Crippen MR) is 81.6 cm³/mol. The van der Waals surface area contributed by atoms with Gasteiger partial charge in [-0.1, -0.05) is 0 Å². The van der Waals surface area contributed by atoms with Crippen LogP contribution in [0, 0.1) is 11.3 Å². The number of nitriles is 1. The summed E-state index contributed by atoms with van der Waals surface area (Å²) in [6.45, 7) is 4.96. The Morgan fingerprint density at radius 3 is 2.62 bits per heavy atom. The summed E-state index contributed by atoms with van der Waals surface area (Å²) >= 11 is 0. The van der Waals surface area contributed by atoms with Crippen molar-refractivity contribution in [1.82, 2.24) is 9.80 Å². The van der Waals surface area contributed by atoms with Crippen LogP contribution in [0.3, 0.4) is 0 Å². The molecule has 1 saturated heterocycles. The molecule has 1 aliphatic rings. The molecule has 1 aromatic rings. The fourth-order valence-electron chi connectivity index (χ4n) is 2.91. The fourth-order valence-corrected chi connectivity index (χ4v) is 2.91. The summed E-state index contributed by atoms with van der Waals surface area (Å²) in [5.74, 6) is 1.47. The van der Waals surface area contributed by atoms with Gasteiger partial charge < -0.3 is 14.4 Å². The van der Waals surface area contributed by atoms with Gasteiger partial charge in [0.05, 0.1) is 20.3 Å². The van der Waals surface area contributed by atoms with Crippen LogP contribution in [0.4, 0.5) is 0 Å². The molecule has 1 fully saturated rings. The third-order valence-electron chi connectivity index (χ3n) is 4.07. The number of hydrogen-bond donors (Lipinski definition) is 0. The molecule has 2 atom stereocenters. The van der Waals surface area contributed by atoms with Gasteiger partial charge in [0, 0.05) is 31.2 Å². The van der Waals surface area contributed by atoms with E-state index in [2.05, 4.69) is 29.8 Å². The Labute approximate surface area is 126 Å². The fraction of sp³-hybridized carbons (Fsp3) is 0.562. The topological polar surface area (TPSA) is 48.7 Å². The van der Waals surface area contributed by atoms with E-state index < -0.39 is 0 Å². The molecule has 5 heteroatoms. The van der Waals surface area contributed by atoms with Gasteiger partial charge in [0.15, 0.2) is 0 Å². The molecule has 0 bridgehead atoms. The van der Waals surface area contributed by atoms with Crippen LogP contribution in [-0.4, -0.2) is 56.7 Å². The second kappa shape index (κ2) is 6.79. The first-order valence-corrected chi connectivity index (χ1v) is 7.16. The zero-order chi connectivity index (χ0) is 15.4. The molecule has 0 saturated carbocycles. The lowest BCUT2D eigenvalue weighted by Crippen LogP contribution is -2.51. The van der Waals surface area contributed by atoms with Crippen molar-refractivity contribution in [3.63, 3.8) is 0 Å². The standard InChI is InChI=1S/C16H23N3O2/c1-12-11-18(2)7-8-19(12)15(10-17)14-9-13(20-3)5-6-16(14)21-4/h5-6,9,12,15H,7-8,11H2,1-4H3. The Bertz CT molecular complexity index is 527. The second-order valence-electron chi connectivity index (χ2n) is 5.49. The molecule has 21 heavy (non-hydrogen) atoms. The first-order valence-electron chi connectivity index (χ1n) is 7.16. The monoisotopic (exact) mass is 289 g/mol. The molecule has 2 rings (SSSR count). The maximum Gasteiger partial charge on any atom is 0.127 e. The Hall–Kier alpha value is -1.77. The number of ether oxygens (including phenoxy) is 2. The average Bonchev–Trinajstić information content (AvgIpc) is 2.49. The minimum Gasteiger partial charge on any atom is -0.497 e. The van der Waals surface area contributed by atoms with E-state index in [9.17, 15) is 5.26 Å². The lowest BCUT2D eigenvalue weighted by Gasteiger charge is -2.40. The van der Waals surface area contributed by atoms with E-state index in [-0.39, 0.29) is 6.04 Å². The molecule has 5 nitrogen and oxygen atoms in total. The highest BCUT2D eigenvalue weighted by atomic mass is 16.5. The van der Waals surface area contributed by atoms with Crippen molar-refractivity contribution in [2.24, 2.45) is 0 Å². The van der Waals surface area contributed by atoms with Gasteiger partial charge in [0.25, 0.3) is 0 Å². The summed E-state index contributed by atoms with van der Waals surface area (Å²) < 4.78 is 10.7. The Balaban J connectivity index is 2.35. The van der Waals surface area contributed by atoms with Crippen molar-refractivity contribution in [2.45, 2.75) is 19.0 Å². The van der Waals surface area contributed by atoms with E-state index in [0.29, 0.717) is 6.04 Å². The van der Waals surface area contributed by atoms with Crippen LogP contribution in [-0.2, 0) is 0 Å². The van der Waals surface area contributed by atoms with Gasteiger partial charge in [-0.2, -0.15) is 5.26 Å². The number of benzene rings is 1. The van der Waals surface area contributed by atoms with Crippen LogP contribution >= 0.6 is 0 Å². The highest BCUT2D eigenvalue weighted by Gasteiger charge is 2.31. The van der Waals surface area contributed by atoms with Crippen LogP contribution < -0.4 is 9.47 Å². The van der Waals surface area contributed by atoms with Crippen LogP contribution in [0.2, 0.25) is 0 Å². The van der Waals surface area contributed by atoms with Crippen LogP contribution in [0.1, 0.15) is 18.5 Å². The zero-order valence-corrected chi connectivity index (χ0v) is 13.2. The first kappa shape index (κ1) is 15.6. The van der Waals surface area contributed by atoms with E-state index in [1.807, 2.05) is 18.2 Å². The summed E-state index contributed by atoms with van der Waals surface area (Å²) in [5.41, 5.74) is 0.871. The third-order valence-corrected chi connectivity index (χ3v) is 4.07. The lowest BCUT2D eigenvalue weighted by atomic mass is 10.0. The van der Waals surface area contributed by atoms with E-state index in [4.69, 9.17) is 9.47 Å². The molecule has 2 unspecified atom stereocenters. The van der Waals surface area contributed by atoms with Gasteiger partial charge in [0.1, 0.15) is 17.5 Å². The van der Waals surface area contributed by atoms with Crippen molar-refractivity contribution < 1.29 is 9.47 Å². The van der Waals surface area contributed by atoms with Gasteiger partial charge in [-0.25, -0.2) is 0 Å². The van der Waals surface area contributed by atoms with Crippen LogP contribution in [0.5, 0.6) is 11.5 Å². The number of hydrogen-bond acceptors (Lipinski definition) is 5. The highest BCUT2D eigenvalue weighted by molar-refractivity contribution is 5.44. The first-order chi connectivity index (χ1) is 10.1. The largest absolute Gasteiger partial charge is 0.497 e. The van der Waals surface area contributed by atoms with Crippen LogP contribution in [0.15, 0.2) is 18.2 Å². The zero-order valence-electron chi connectivity index (χ0n) is 13.2. The summed E-state index contributed by atoms with van der Waals surface area (Å²) in [6, 6.07) is 8.05. The van der Waals surface area contributed by atoms with Gasteiger partial charge in [-0.3, -0.25) is 4.90 Å². The summed E-state index contributed by atoms with van der Waals surface area (Å²) in [5, 5.41) is 9.70. The van der Waals surface area contributed by atoms with E-state index >= 15 is 0 Å². The minimum atomic E-state index is -0.321. The molecule has 0 N–H and O–H groups in total. The van der Waals surface area contributed by atoms with Crippen molar-refractivity contribution >= 4 is 0 Å². The molecule has 1 heterocycles. The number of likely N-dealkylation sites (N-methyl/N-ethyl adjacent to an activating group) is 1. The van der Waals surface area contributed by atoms with Gasteiger partial charge in [0.2, 0.25) is 0 Å². The Morgan fingerprint density at radius 1 is 1.29 bits per heavy atom. The summed E-state index contributed by atoms with van der Waals surface area (Å²) in [4.78, 5) is 4.52. The molecule has 1 aliphatic heterocycles. The van der Waals surface area contributed by atoms with Crippen molar-refractivity contribution in [2.75, 3.05) is 40.9 Å². The van der Waals surface area contributed by atoms with Crippen molar-refractivity contribution in [3.05, 3.63) is 23.8 Å². The van der Waals surface area contributed by atoms with Crippen LogP contribution in [0.25, 0.3) is 0 Å². The van der Waals surface area contributed by atoms with E-state index in [1.54, 1.807) is 14.2 Å². The molecule has 0 amide bonds. The summed E-state index contributed by atoms with van der Waals surface area (Å²) in [6.07, 6.45) is 0. The number of rotatable bonds is 4. The third kappa shape index (κ3) is 3.29. The SMILES string of the molecule is COc1ccc(OC)c(C(C#N)N2CCN(C)CC2C)c1. The number of methoxy groups -OCH3 is 2. The molecule has 114 valence electrons. The second-order valence-corrected chi connectivity index (χ2v) is 5.49. The van der Waals surface area contributed by atoms with E-state index in [0.717, 1.165) is 36.7 Å². The number of piperazine rings is 1. The normalized spacial score (nSPS) is 21.6. The molecule has 0 spiro atoms. The van der Waals surface area contributed by atoms with Gasteiger partial charge in [-0.15, -0.1) is 0 Å². The van der Waals surface area contributed by atoms with Gasteiger partial charge in [-0.05, 0) is 32.2 Å². The van der Waals surface area contributed by atoms with Gasteiger partial charge >= 0.3 is 0 Å². The molecule has 0 aromatic heterocycles. The Morgan fingerprint density at radius 2 is 2.05 bits per heavy atom. The molecular formula is C16H23N3O2.